The van der Waals surface area contributed by atoms with E-state index in [4.69, 9.17) is 9.47 Å². The fraction of sp³-hybridized carbons (Fsp3) is 0.692. The lowest BCUT2D eigenvalue weighted by Crippen LogP contribution is -2.08. The number of esters is 2. The molecule has 0 bridgehead atoms. The Bertz CT molecular complexity index is 691. The Kier molecular flexibility index (Phi) is 16.5. The molecule has 0 aliphatic heterocycles. The molecule has 0 saturated carbocycles. The van der Waals surface area contributed by atoms with Gasteiger partial charge in [-0.15, -0.1) is 0 Å². The molecule has 1 aromatic rings. The zero-order chi connectivity index (χ0) is 24.2. The number of hydrogen-bond donors (Lipinski definition) is 0. The number of carbonyl (C=O) groups is 2. The Hall–Kier alpha value is -2.44. The van der Waals surface area contributed by atoms with Crippen LogP contribution in [0, 0.1) is 10.1 Å². The molecule has 1 aromatic carbocycles. The molecule has 0 N–H and O–H groups in total. The number of unbranched alkanes of at least 4 members (excludes halogenated alkanes) is 12. The number of nitro groups is 1. The van der Waals surface area contributed by atoms with Crippen LogP contribution >= 0.6 is 0 Å². The van der Waals surface area contributed by atoms with Crippen LogP contribution in [-0.4, -0.2) is 23.5 Å². The number of ether oxygens (including phenoxy) is 2. The van der Waals surface area contributed by atoms with E-state index in [1.807, 2.05) is 0 Å². The van der Waals surface area contributed by atoms with Crippen LogP contribution in [0.3, 0.4) is 0 Å². The van der Waals surface area contributed by atoms with E-state index in [2.05, 4.69) is 6.92 Å². The third-order valence-corrected chi connectivity index (χ3v) is 5.56. The van der Waals surface area contributed by atoms with Crippen molar-refractivity contribution in [2.75, 3.05) is 6.61 Å². The van der Waals surface area contributed by atoms with E-state index in [1.54, 1.807) is 6.07 Å². The zero-order valence-electron chi connectivity index (χ0n) is 20.2. The molecule has 0 aliphatic rings. The number of hydrogen-bond acceptors (Lipinski definition) is 6. The molecule has 7 heteroatoms. The predicted octanol–water partition coefficient (Wildman–Crippen LogP) is 7.30. The van der Waals surface area contributed by atoms with Crippen LogP contribution in [0.5, 0.6) is 5.75 Å². The minimum atomic E-state index is -0.561. The van der Waals surface area contributed by atoms with Gasteiger partial charge >= 0.3 is 17.6 Å². The van der Waals surface area contributed by atoms with Gasteiger partial charge in [-0.2, -0.15) is 0 Å². The molecule has 0 radical (unpaired) electrons. The van der Waals surface area contributed by atoms with Gasteiger partial charge in [-0.25, -0.2) is 0 Å². The third-order valence-electron chi connectivity index (χ3n) is 5.56. The summed E-state index contributed by atoms with van der Waals surface area (Å²) in [6.07, 6.45) is 15.9. The van der Waals surface area contributed by atoms with Crippen molar-refractivity contribution in [1.29, 1.82) is 0 Å². The highest BCUT2D eigenvalue weighted by Crippen LogP contribution is 2.26. The summed E-state index contributed by atoms with van der Waals surface area (Å²) in [6, 6.07) is 5.87. The summed E-state index contributed by atoms with van der Waals surface area (Å²) < 4.78 is 10.4. The van der Waals surface area contributed by atoms with Crippen LogP contribution in [-0.2, 0) is 14.3 Å². The molecule has 0 unspecified atom stereocenters. The van der Waals surface area contributed by atoms with Gasteiger partial charge in [-0.05, 0) is 25.3 Å². The number of carbonyl (C=O) groups excluding carboxylic acids is 2. The summed E-state index contributed by atoms with van der Waals surface area (Å²) in [4.78, 5) is 34.0. The van der Waals surface area contributed by atoms with Crippen molar-refractivity contribution in [3.63, 3.8) is 0 Å². The number of nitro benzene ring substituents is 1. The first-order chi connectivity index (χ1) is 16.0. The molecule has 0 amide bonds. The van der Waals surface area contributed by atoms with E-state index in [-0.39, 0.29) is 23.8 Å². The number of nitrogens with zero attached hydrogens (tertiary/aromatic N) is 1. The van der Waals surface area contributed by atoms with Crippen LogP contribution in [0.1, 0.15) is 110 Å². The smallest absolute Gasteiger partial charge is 0.311 e. The van der Waals surface area contributed by atoms with Crippen molar-refractivity contribution in [2.45, 2.75) is 110 Å². The first-order valence-electron chi connectivity index (χ1n) is 12.6. The maximum absolute atomic E-state index is 11.9. The molecule has 0 aliphatic carbocycles. The molecule has 0 spiro atoms. The molecule has 186 valence electrons. The number of benzene rings is 1. The van der Waals surface area contributed by atoms with E-state index in [0.717, 1.165) is 44.9 Å². The van der Waals surface area contributed by atoms with Crippen LogP contribution < -0.4 is 4.74 Å². The van der Waals surface area contributed by atoms with Gasteiger partial charge in [0.2, 0.25) is 5.75 Å². The standard InChI is InChI=1S/C26H41NO6/c1-2-3-4-5-6-9-12-17-22-32-25(28)20-13-10-7-8-11-14-21-26(29)33-24-19-16-15-18-23(24)27(30)31/h15-16,18-19H,2-14,17,20-22H2,1H3. The van der Waals surface area contributed by atoms with E-state index >= 15 is 0 Å². The molecule has 0 atom stereocenters. The second kappa shape index (κ2) is 19.1. The quantitative estimate of drug-likeness (QED) is 0.0661. The normalized spacial score (nSPS) is 10.7. The van der Waals surface area contributed by atoms with Crippen molar-refractivity contribution in [3.05, 3.63) is 34.4 Å². The van der Waals surface area contributed by atoms with Crippen LogP contribution in [0.2, 0.25) is 0 Å². The Morgan fingerprint density at radius 2 is 1.27 bits per heavy atom. The summed E-state index contributed by atoms with van der Waals surface area (Å²) >= 11 is 0. The highest BCUT2D eigenvalue weighted by molar-refractivity contribution is 5.73. The topological polar surface area (TPSA) is 95.7 Å². The molecule has 0 saturated heterocycles. The average molecular weight is 464 g/mol. The Labute approximate surface area is 198 Å². The Balaban J connectivity index is 1.93. The zero-order valence-corrected chi connectivity index (χ0v) is 20.2. The van der Waals surface area contributed by atoms with E-state index in [0.29, 0.717) is 19.4 Å². The van der Waals surface area contributed by atoms with Gasteiger partial charge in [-0.3, -0.25) is 19.7 Å². The molecular formula is C26H41NO6. The maximum atomic E-state index is 11.9. The van der Waals surface area contributed by atoms with Crippen molar-refractivity contribution >= 4 is 17.6 Å². The van der Waals surface area contributed by atoms with Gasteiger partial charge in [0.25, 0.3) is 0 Å². The number of rotatable bonds is 20. The fourth-order valence-corrected chi connectivity index (χ4v) is 3.61. The molecule has 33 heavy (non-hydrogen) atoms. The fourth-order valence-electron chi connectivity index (χ4n) is 3.61. The summed E-state index contributed by atoms with van der Waals surface area (Å²) in [7, 11) is 0. The highest BCUT2D eigenvalue weighted by atomic mass is 16.6. The van der Waals surface area contributed by atoms with Gasteiger partial charge < -0.3 is 9.47 Å². The molecule has 0 heterocycles. The summed E-state index contributed by atoms with van der Waals surface area (Å²) in [5, 5.41) is 10.9. The largest absolute Gasteiger partial charge is 0.466 e. The van der Waals surface area contributed by atoms with Crippen LogP contribution in [0.25, 0.3) is 0 Å². The highest BCUT2D eigenvalue weighted by Gasteiger charge is 2.16. The average Bonchev–Trinajstić information content (AvgIpc) is 2.80. The van der Waals surface area contributed by atoms with Crippen molar-refractivity contribution in [2.24, 2.45) is 0 Å². The van der Waals surface area contributed by atoms with E-state index in [1.165, 1.54) is 56.7 Å². The lowest BCUT2D eigenvalue weighted by Gasteiger charge is -2.06. The van der Waals surface area contributed by atoms with Crippen molar-refractivity contribution in [3.8, 4) is 5.75 Å². The first kappa shape index (κ1) is 28.6. The summed E-state index contributed by atoms with van der Waals surface area (Å²) in [5.41, 5.74) is -0.206. The van der Waals surface area contributed by atoms with Gasteiger partial charge in [0.1, 0.15) is 0 Å². The van der Waals surface area contributed by atoms with Crippen LogP contribution in [0.15, 0.2) is 24.3 Å². The van der Waals surface area contributed by atoms with Gasteiger partial charge in [0, 0.05) is 18.9 Å². The molecular weight excluding hydrogens is 422 g/mol. The monoisotopic (exact) mass is 463 g/mol. The molecule has 1 rings (SSSR count). The SMILES string of the molecule is CCCCCCCCCCOC(=O)CCCCCCCCC(=O)Oc1ccccc1[N+](=O)[O-]. The van der Waals surface area contributed by atoms with Crippen LogP contribution in [0.4, 0.5) is 5.69 Å². The minimum absolute atomic E-state index is 0.0122. The Morgan fingerprint density at radius 1 is 0.758 bits per heavy atom. The van der Waals surface area contributed by atoms with Crippen molar-refractivity contribution < 1.29 is 24.0 Å². The first-order valence-corrected chi connectivity index (χ1v) is 12.6. The second-order valence-electron chi connectivity index (χ2n) is 8.52. The van der Waals surface area contributed by atoms with Crippen molar-refractivity contribution in [1.82, 2.24) is 0 Å². The third kappa shape index (κ3) is 15.1. The van der Waals surface area contributed by atoms with Gasteiger partial charge in [0.05, 0.1) is 11.5 Å². The molecule has 7 nitrogen and oxygen atoms in total. The summed E-state index contributed by atoms with van der Waals surface area (Å²) in [5.74, 6) is -0.568. The lowest BCUT2D eigenvalue weighted by molar-refractivity contribution is -0.385. The van der Waals surface area contributed by atoms with Gasteiger partial charge in [-0.1, -0.05) is 89.7 Å². The summed E-state index contributed by atoms with van der Waals surface area (Å²) in [6.45, 7) is 2.76. The van der Waals surface area contributed by atoms with E-state index in [9.17, 15) is 19.7 Å². The van der Waals surface area contributed by atoms with E-state index < -0.39 is 10.9 Å². The molecule has 0 aromatic heterocycles. The number of para-hydroxylation sites is 2. The van der Waals surface area contributed by atoms with Gasteiger partial charge in [0.15, 0.2) is 0 Å². The maximum Gasteiger partial charge on any atom is 0.311 e. The predicted molar refractivity (Wildman–Crippen MR) is 129 cm³/mol. The molecule has 0 fully saturated rings. The Morgan fingerprint density at radius 3 is 1.88 bits per heavy atom. The second-order valence-corrected chi connectivity index (χ2v) is 8.52. The minimum Gasteiger partial charge on any atom is -0.466 e. The lowest BCUT2D eigenvalue weighted by atomic mass is 10.1.